The van der Waals surface area contributed by atoms with Crippen LogP contribution in [-0.2, 0) is 9.47 Å². The first-order chi connectivity index (χ1) is 12.6. The molecule has 0 aliphatic carbocycles. The summed E-state index contributed by atoms with van der Waals surface area (Å²) >= 11 is 5.93. The van der Waals surface area contributed by atoms with E-state index in [0.29, 0.717) is 35.4 Å². The van der Waals surface area contributed by atoms with Crippen molar-refractivity contribution >= 4 is 29.1 Å². The molecule has 0 atom stereocenters. The second-order valence-electron chi connectivity index (χ2n) is 6.33. The van der Waals surface area contributed by atoms with Crippen molar-refractivity contribution in [3.8, 4) is 0 Å². The third-order valence-electron chi connectivity index (χ3n) is 4.60. The lowest BCUT2D eigenvalue weighted by Crippen LogP contribution is -2.45. The number of hydrogen-bond donors (Lipinski definition) is 1. The normalized spacial score (nSPS) is 18.9. The van der Waals surface area contributed by atoms with Gasteiger partial charge in [0.2, 0.25) is 5.95 Å². The van der Waals surface area contributed by atoms with E-state index in [1.807, 2.05) is 0 Å². The third kappa shape index (κ3) is 3.65. The third-order valence-corrected chi connectivity index (χ3v) is 4.84. The van der Waals surface area contributed by atoms with Crippen LogP contribution in [0.3, 0.4) is 0 Å². The Hall–Kier alpha value is -2.22. The number of ether oxygens (including phenoxy) is 2. The van der Waals surface area contributed by atoms with Gasteiger partial charge >= 0.3 is 0 Å². The standard InChI is InChI=1S/C18H19ClN4O3/c19-14-2-1-3-15(10-14)22-16(24)13-11-20-17(21-12-13)23-6-4-18(5-7-23)25-8-9-26-18/h1-3,10-12H,4-9H2,(H,22,24). The molecule has 8 heteroatoms. The van der Waals surface area contributed by atoms with E-state index < -0.39 is 5.79 Å². The average molecular weight is 375 g/mol. The minimum atomic E-state index is -0.423. The number of carbonyl (C=O) groups is 1. The van der Waals surface area contributed by atoms with E-state index in [1.165, 1.54) is 12.4 Å². The molecule has 2 aliphatic heterocycles. The van der Waals surface area contributed by atoms with Crippen LogP contribution in [0.25, 0.3) is 0 Å². The first-order valence-corrected chi connectivity index (χ1v) is 8.93. The molecule has 0 bridgehead atoms. The van der Waals surface area contributed by atoms with Gasteiger partial charge in [0.15, 0.2) is 5.79 Å². The summed E-state index contributed by atoms with van der Waals surface area (Å²) in [4.78, 5) is 23.1. The molecule has 0 unspecified atom stereocenters. The molecule has 1 aromatic heterocycles. The van der Waals surface area contributed by atoms with E-state index in [2.05, 4.69) is 20.2 Å². The number of carbonyl (C=O) groups excluding carboxylic acids is 1. The molecule has 2 aliphatic rings. The fourth-order valence-electron chi connectivity index (χ4n) is 3.20. The lowest BCUT2D eigenvalue weighted by Gasteiger charge is -2.37. The topological polar surface area (TPSA) is 76.6 Å². The van der Waals surface area contributed by atoms with Crippen molar-refractivity contribution in [1.29, 1.82) is 0 Å². The van der Waals surface area contributed by atoms with E-state index >= 15 is 0 Å². The summed E-state index contributed by atoms with van der Waals surface area (Å²) in [6.07, 6.45) is 4.64. The van der Waals surface area contributed by atoms with Crippen molar-refractivity contribution < 1.29 is 14.3 Å². The van der Waals surface area contributed by atoms with Crippen LogP contribution in [0.1, 0.15) is 23.2 Å². The van der Waals surface area contributed by atoms with Gasteiger partial charge in [-0.1, -0.05) is 17.7 Å². The Morgan fingerprint density at radius 3 is 2.50 bits per heavy atom. The second-order valence-corrected chi connectivity index (χ2v) is 6.77. The van der Waals surface area contributed by atoms with E-state index in [-0.39, 0.29) is 5.91 Å². The molecule has 4 rings (SSSR count). The molecule has 2 aromatic rings. The van der Waals surface area contributed by atoms with Crippen LogP contribution < -0.4 is 10.2 Å². The van der Waals surface area contributed by atoms with Gasteiger partial charge in [-0.05, 0) is 18.2 Å². The van der Waals surface area contributed by atoms with Crippen LogP contribution in [0, 0.1) is 0 Å². The first kappa shape index (κ1) is 17.2. The number of amides is 1. The first-order valence-electron chi connectivity index (χ1n) is 8.55. The second kappa shape index (κ2) is 7.19. The number of aromatic nitrogens is 2. The van der Waals surface area contributed by atoms with Crippen molar-refractivity contribution in [1.82, 2.24) is 9.97 Å². The van der Waals surface area contributed by atoms with E-state index in [4.69, 9.17) is 21.1 Å². The number of nitrogens with one attached hydrogen (secondary N) is 1. The van der Waals surface area contributed by atoms with Crippen LogP contribution >= 0.6 is 11.6 Å². The van der Waals surface area contributed by atoms with Gasteiger partial charge in [-0.3, -0.25) is 4.79 Å². The average Bonchev–Trinajstić information content (AvgIpc) is 3.11. The molecule has 1 aromatic carbocycles. The highest BCUT2D eigenvalue weighted by atomic mass is 35.5. The van der Waals surface area contributed by atoms with Gasteiger partial charge in [-0.2, -0.15) is 0 Å². The van der Waals surface area contributed by atoms with Crippen LogP contribution in [-0.4, -0.2) is 48.0 Å². The molecular formula is C18H19ClN4O3. The Morgan fingerprint density at radius 2 is 1.85 bits per heavy atom. The predicted molar refractivity (Wildman–Crippen MR) is 97.5 cm³/mol. The summed E-state index contributed by atoms with van der Waals surface area (Å²) in [5, 5.41) is 3.34. The van der Waals surface area contributed by atoms with E-state index in [9.17, 15) is 4.79 Å². The van der Waals surface area contributed by atoms with Crippen molar-refractivity contribution in [2.45, 2.75) is 18.6 Å². The van der Waals surface area contributed by atoms with Crippen LogP contribution in [0.4, 0.5) is 11.6 Å². The Kier molecular flexibility index (Phi) is 4.76. The van der Waals surface area contributed by atoms with Crippen molar-refractivity contribution in [2.75, 3.05) is 36.5 Å². The fourth-order valence-corrected chi connectivity index (χ4v) is 3.39. The van der Waals surface area contributed by atoms with Crippen LogP contribution in [0.2, 0.25) is 5.02 Å². The number of rotatable bonds is 3. The zero-order valence-corrected chi connectivity index (χ0v) is 14.9. The number of benzene rings is 1. The molecule has 2 fully saturated rings. The van der Waals surface area contributed by atoms with Gasteiger partial charge in [0, 0.05) is 49.0 Å². The van der Waals surface area contributed by atoms with Gasteiger partial charge in [0.05, 0.1) is 18.8 Å². The van der Waals surface area contributed by atoms with Crippen molar-refractivity contribution in [3.05, 3.63) is 47.2 Å². The summed E-state index contributed by atoms with van der Waals surface area (Å²) in [7, 11) is 0. The number of hydrogen-bond acceptors (Lipinski definition) is 6. The molecule has 1 N–H and O–H groups in total. The van der Waals surface area contributed by atoms with Gasteiger partial charge in [0.1, 0.15) is 0 Å². The summed E-state index contributed by atoms with van der Waals surface area (Å²) in [6.45, 7) is 2.84. The van der Waals surface area contributed by atoms with E-state index in [0.717, 1.165) is 25.9 Å². The maximum absolute atomic E-state index is 12.3. The molecule has 136 valence electrons. The van der Waals surface area contributed by atoms with Crippen LogP contribution in [0.5, 0.6) is 0 Å². The monoisotopic (exact) mass is 374 g/mol. The van der Waals surface area contributed by atoms with Gasteiger partial charge in [-0.15, -0.1) is 0 Å². The largest absolute Gasteiger partial charge is 0.347 e. The maximum atomic E-state index is 12.3. The molecule has 2 saturated heterocycles. The Bertz CT molecular complexity index is 783. The van der Waals surface area contributed by atoms with Gasteiger partial charge in [0.25, 0.3) is 5.91 Å². The molecular weight excluding hydrogens is 356 g/mol. The summed E-state index contributed by atoms with van der Waals surface area (Å²) < 4.78 is 11.5. The van der Waals surface area contributed by atoms with Gasteiger partial charge in [-0.25, -0.2) is 9.97 Å². The lowest BCUT2D eigenvalue weighted by molar-refractivity contribution is -0.169. The summed E-state index contributed by atoms with van der Waals surface area (Å²) in [6, 6.07) is 6.99. The SMILES string of the molecule is O=C(Nc1cccc(Cl)c1)c1cnc(N2CCC3(CC2)OCCO3)nc1. The Morgan fingerprint density at radius 1 is 1.15 bits per heavy atom. The number of piperidine rings is 1. The zero-order chi connectivity index (χ0) is 18.0. The predicted octanol–water partition coefficient (Wildman–Crippen LogP) is 2.73. The molecule has 0 saturated carbocycles. The number of nitrogens with zero attached hydrogens (tertiary/aromatic N) is 3. The number of anilines is 2. The summed E-state index contributed by atoms with van der Waals surface area (Å²) in [5.41, 5.74) is 1.02. The van der Waals surface area contributed by atoms with Crippen molar-refractivity contribution in [2.24, 2.45) is 0 Å². The molecule has 26 heavy (non-hydrogen) atoms. The lowest BCUT2D eigenvalue weighted by atomic mass is 10.0. The zero-order valence-electron chi connectivity index (χ0n) is 14.2. The van der Waals surface area contributed by atoms with Crippen molar-refractivity contribution in [3.63, 3.8) is 0 Å². The van der Waals surface area contributed by atoms with E-state index in [1.54, 1.807) is 24.3 Å². The molecule has 7 nitrogen and oxygen atoms in total. The van der Waals surface area contributed by atoms with Gasteiger partial charge < -0.3 is 19.7 Å². The Labute approximate surface area is 156 Å². The minimum Gasteiger partial charge on any atom is -0.347 e. The highest BCUT2D eigenvalue weighted by Gasteiger charge is 2.40. The highest BCUT2D eigenvalue weighted by Crippen LogP contribution is 2.32. The molecule has 1 amide bonds. The summed E-state index contributed by atoms with van der Waals surface area (Å²) in [5.74, 6) is -0.0888. The highest BCUT2D eigenvalue weighted by molar-refractivity contribution is 6.30. The number of halogens is 1. The minimum absolute atomic E-state index is 0.274. The molecule has 0 radical (unpaired) electrons. The molecule has 1 spiro atoms. The Balaban J connectivity index is 1.38. The fraction of sp³-hybridized carbons (Fsp3) is 0.389. The smallest absolute Gasteiger partial charge is 0.258 e. The quantitative estimate of drug-likeness (QED) is 0.890. The molecule has 3 heterocycles. The maximum Gasteiger partial charge on any atom is 0.258 e. The van der Waals surface area contributed by atoms with Crippen LogP contribution in [0.15, 0.2) is 36.7 Å².